The summed E-state index contributed by atoms with van der Waals surface area (Å²) in [4.78, 5) is 3.71. The second-order valence-electron chi connectivity index (χ2n) is 10.2. The molecule has 0 radical (unpaired) electrons. The lowest BCUT2D eigenvalue weighted by Crippen LogP contribution is -2.30. The molecule has 1 aliphatic rings. The highest BCUT2D eigenvalue weighted by molar-refractivity contribution is 5.86. The molecule has 0 saturated carbocycles. The van der Waals surface area contributed by atoms with Gasteiger partial charge in [0.15, 0.2) is 0 Å². The van der Waals surface area contributed by atoms with Gasteiger partial charge in [0.25, 0.3) is 0 Å². The van der Waals surface area contributed by atoms with Crippen LogP contribution in [0.4, 0.5) is 0 Å². The molecule has 1 atom stereocenters. The van der Waals surface area contributed by atoms with Crippen LogP contribution in [-0.2, 0) is 19.6 Å². The summed E-state index contributed by atoms with van der Waals surface area (Å²) in [7, 11) is 1.71. The lowest BCUT2D eigenvalue weighted by molar-refractivity contribution is 0.292. The van der Waals surface area contributed by atoms with E-state index in [1.54, 1.807) is 7.11 Å². The molecule has 2 heterocycles. The van der Waals surface area contributed by atoms with Crippen LogP contribution in [0.3, 0.4) is 0 Å². The summed E-state index contributed by atoms with van der Waals surface area (Å²) >= 11 is 0. The lowest BCUT2D eigenvalue weighted by atomic mass is 9.93. The standard InChI is InChI=1S/C34H34N2O3/c1-22-8-7-9-23(2)34(22)39-21-26-18-25(12-15-31(26)37-3)32-33-28(16-17-35-32)29-19-27(13-14-30(29)36-33)38-20-24-10-5-4-6-11-24/h4-15,18-19,32,35-36H,16-17,20-21H2,1-3H3/t32-/m0/s1. The number of benzene rings is 4. The Morgan fingerprint density at radius 1 is 0.821 bits per heavy atom. The van der Waals surface area contributed by atoms with Crippen molar-refractivity contribution in [3.05, 3.63) is 124 Å². The van der Waals surface area contributed by atoms with Crippen molar-refractivity contribution in [3.8, 4) is 17.2 Å². The molecule has 0 saturated heterocycles. The molecule has 0 fully saturated rings. The van der Waals surface area contributed by atoms with E-state index in [1.807, 2.05) is 30.3 Å². The van der Waals surface area contributed by atoms with Crippen LogP contribution >= 0.6 is 0 Å². The Kier molecular flexibility index (Phi) is 6.99. The second kappa shape index (κ2) is 10.9. The number of para-hydroxylation sites is 1. The summed E-state index contributed by atoms with van der Waals surface area (Å²) in [6.07, 6.45) is 0.965. The van der Waals surface area contributed by atoms with E-state index in [0.29, 0.717) is 13.2 Å². The first-order chi connectivity index (χ1) is 19.1. The smallest absolute Gasteiger partial charge is 0.125 e. The van der Waals surface area contributed by atoms with E-state index >= 15 is 0 Å². The molecule has 5 nitrogen and oxygen atoms in total. The highest BCUT2D eigenvalue weighted by Crippen LogP contribution is 2.37. The minimum absolute atomic E-state index is 0.0553. The van der Waals surface area contributed by atoms with Gasteiger partial charge in [0.2, 0.25) is 0 Å². The van der Waals surface area contributed by atoms with Gasteiger partial charge in [-0.3, -0.25) is 0 Å². The van der Waals surface area contributed by atoms with Crippen molar-refractivity contribution in [2.24, 2.45) is 0 Å². The van der Waals surface area contributed by atoms with E-state index < -0.39 is 0 Å². The monoisotopic (exact) mass is 518 g/mol. The normalized spacial score (nSPS) is 14.7. The van der Waals surface area contributed by atoms with Crippen LogP contribution in [0.2, 0.25) is 0 Å². The first-order valence-corrected chi connectivity index (χ1v) is 13.5. The third-order valence-corrected chi connectivity index (χ3v) is 7.59. The zero-order chi connectivity index (χ0) is 26.8. The van der Waals surface area contributed by atoms with Crippen LogP contribution in [0.25, 0.3) is 10.9 Å². The largest absolute Gasteiger partial charge is 0.496 e. The van der Waals surface area contributed by atoms with Crippen LogP contribution in [-0.4, -0.2) is 18.6 Å². The average Bonchev–Trinajstić information content (AvgIpc) is 3.34. The Morgan fingerprint density at radius 3 is 2.44 bits per heavy atom. The van der Waals surface area contributed by atoms with E-state index in [0.717, 1.165) is 58.0 Å². The van der Waals surface area contributed by atoms with Crippen LogP contribution in [0, 0.1) is 13.8 Å². The first kappa shape index (κ1) is 25.1. The SMILES string of the molecule is COc1ccc([C@@H]2NCCc3c2[nH]c2ccc(OCc4ccccc4)cc32)cc1COc1c(C)cccc1C. The number of hydrogen-bond acceptors (Lipinski definition) is 4. The van der Waals surface area contributed by atoms with Crippen molar-refractivity contribution in [1.29, 1.82) is 0 Å². The van der Waals surface area contributed by atoms with Crippen LogP contribution in [0.15, 0.2) is 84.9 Å². The molecular formula is C34H34N2O3. The molecule has 5 heteroatoms. The van der Waals surface area contributed by atoms with Gasteiger partial charge in [0.1, 0.15) is 30.5 Å². The number of ether oxygens (including phenoxy) is 3. The fourth-order valence-corrected chi connectivity index (χ4v) is 5.59. The molecule has 1 aliphatic heterocycles. The Bertz CT molecular complexity index is 1590. The first-order valence-electron chi connectivity index (χ1n) is 13.5. The van der Waals surface area contributed by atoms with Crippen molar-refractivity contribution in [2.75, 3.05) is 13.7 Å². The summed E-state index contributed by atoms with van der Waals surface area (Å²) in [5, 5.41) is 4.96. The van der Waals surface area contributed by atoms with Gasteiger partial charge in [-0.1, -0.05) is 54.6 Å². The number of hydrogen-bond donors (Lipinski definition) is 2. The van der Waals surface area contributed by atoms with Crippen molar-refractivity contribution in [2.45, 2.75) is 39.5 Å². The number of aryl methyl sites for hydroxylation is 2. The number of fused-ring (bicyclic) bond motifs is 3. The molecule has 1 aromatic heterocycles. The van der Waals surface area contributed by atoms with Crippen molar-refractivity contribution < 1.29 is 14.2 Å². The van der Waals surface area contributed by atoms with Crippen LogP contribution in [0.1, 0.15) is 45.1 Å². The molecule has 6 rings (SSSR count). The third kappa shape index (κ3) is 5.10. The van der Waals surface area contributed by atoms with Gasteiger partial charge in [0, 0.05) is 28.7 Å². The molecule has 0 aliphatic carbocycles. The maximum atomic E-state index is 6.30. The van der Waals surface area contributed by atoms with E-state index in [9.17, 15) is 0 Å². The van der Waals surface area contributed by atoms with Gasteiger partial charge in [-0.2, -0.15) is 0 Å². The lowest BCUT2D eigenvalue weighted by Gasteiger charge is -2.26. The Hall–Kier alpha value is -4.22. The molecule has 5 aromatic rings. The Balaban J connectivity index is 1.28. The van der Waals surface area contributed by atoms with Crippen molar-refractivity contribution >= 4 is 10.9 Å². The number of H-pyrrole nitrogens is 1. The summed E-state index contributed by atoms with van der Waals surface area (Å²) in [5.41, 5.74) is 9.33. The number of aromatic amines is 1. The highest BCUT2D eigenvalue weighted by Gasteiger charge is 2.26. The predicted octanol–water partition coefficient (Wildman–Crippen LogP) is 7.19. The van der Waals surface area contributed by atoms with E-state index in [4.69, 9.17) is 14.2 Å². The average molecular weight is 519 g/mol. The van der Waals surface area contributed by atoms with Crippen molar-refractivity contribution in [1.82, 2.24) is 10.3 Å². The number of methoxy groups -OCH3 is 1. The van der Waals surface area contributed by atoms with Crippen LogP contribution < -0.4 is 19.5 Å². The number of rotatable bonds is 8. The summed E-state index contributed by atoms with van der Waals surface area (Å²) in [6, 6.07) is 29.3. The van der Waals surface area contributed by atoms with Crippen molar-refractivity contribution in [3.63, 3.8) is 0 Å². The fraction of sp³-hybridized carbons (Fsp3) is 0.235. The third-order valence-electron chi connectivity index (χ3n) is 7.59. The zero-order valence-corrected chi connectivity index (χ0v) is 22.7. The van der Waals surface area contributed by atoms with E-state index in [1.165, 1.54) is 22.2 Å². The maximum absolute atomic E-state index is 6.30. The quantitative estimate of drug-likeness (QED) is 0.228. The number of nitrogens with one attached hydrogen (secondary N) is 2. The van der Waals surface area contributed by atoms with Gasteiger partial charge < -0.3 is 24.5 Å². The molecule has 0 amide bonds. The minimum atomic E-state index is 0.0553. The second-order valence-corrected chi connectivity index (χ2v) is 10.2. The fourth-order valence-electron chi connectivity index (χ4n) is 5.59. The predicted molar refractivity (Wildman–Crippen MR) is 156 cm³/mol. The molecule has 0 spiro atoms. The maximum Gasteiger partial charge on any atom is 0.125 e. The van der Waals surface area contributed by atoms with Gasteiger partial charge in [-0.05, 0) is 78.4 Å². The Labute approximate surface area is 229 Å². The van der Waals surface area contributed by atoms with Crippen LogP contribution in [0.5, 0.6) is 17.2 Å². The number of aromatic nitrogens is 1. The van der Waals surface area contributed by atoms with Gasteiger partial charge in [-0.25, -0.2) is 0 Å². The topological polar surface area (TPSA) is 55.5 Å². The highest BCUT2D eigenvalue weighted by atomic mass is 16.5. The van der Waals surface area contributed by atoms with Gasteiger partial charge in [0.05, 0.1) is 13.2 Å². The molecular weight excluding hydrogens is 484 g/mol. The molecule has 2 N–H and O–H groups in total. The van der Waals surface area contributed by atoms with Gasteiger partial charge >= 0.3 is 0 Å². The molecule has 198 valence electrons. The zero-order valence-electron chi connectivity index (χ0n) is 22.7. The van der Waals surface area contributed by atoms with E-state index in [-0.39, 0.29) is 6.04 Å². The molecule has 4 aromatic carbocycles. The Morgan fingerprint density at radius 2 is 1.64 bits per heavy atom. The summed E-state index contributed by atoms with van der Waals surface area (Å²) < 4.78 is 18.1. The summed E-state index contributed by atoms with van der Waals surface area (Å²) in [5.74, 6) is 2.65. The van der Waals surface area contributed by atoms with Gasteiger partial charge in [-0.15, -0.1) is 0 Å². The molecule has 0 unspecified atom stereocenters. The molecule has 39 heavy (non-hydrogen) atoms. The van der Waals surface area contributed by atoms with E-state index in [2.05, 4.69) is 78.7 Å². The summed E-state index contributed by atoms with van der Waals surface area (Å²) in [6.45, 7) is 6.06. The molecule has 0 bridgehead atoms. The minimum Gasteiger partial charge on any atom is -0.496 e.